The van der Waals surface area contributed by atoms with Gasteiger partial charge in [0.05, 0.1) is 15.6 Å². The molecule has 2 heterocycles. The monoisotopic (exact) mass is 489 g/mol. The predicted molar refractivity (Wildman–Crippen MR) is 130 cm³/mol. The van der Waals surface area contributed by atoms with E-state index in [1.165, 1.54) is 18.2 Å². The first kappa shape index (κ1) is 23.6. The second-order valence-electron chi connectivity index (χ2n) is 9.44. The van der Waals surface area contributed by atoms with Crippen LogP contribution in [-0.4, -0.2) is 48.3 Å². The molecule has 0 spiro atoms. The maximum absolute atomic E-state index is 15.2. The van der Waals surface area contributed by atoms with E-state index in [-0.39, 0.29) is 39.4 Å². The lowest BCUT2D eigenvalue weighted by molar-refractivity contribution is -0.125. The number of nitrogens with one attached hydrogen (secondary N) is 1. The molecule has 0 radical (unpaired) electrons. The van der Waals surface area contributed by atoms with Crippen LogP contribution in [0.4, 0.5) is 10.1 Å². The summed E-state index contributed by atoms with van der Waals surface area (Å²) in [5.74, 6) is -0.829. The highest BCUT2D eigenvalue weighted by molar-refractivity contribution is 6.42. The lowest BCUT2D eigenvalue weighted by atomic mass is 9.78. The van der Waals surface area contributed by atoms with Gasteiger partial charge in [-0.15, -0.1) is 0 Å². The van der Waals surface area contributed by atoms with E-state index in [4.69, 9.17) is 23.2 Å². The molecule has 0 unspecified atom stereocenters. The summed E-state index contributed by atoms with van der Waals surface area (Å²) in [7, 11) is 1.78. The molecule has 2 aromatic carbocycles. The van der Waals surface area contributed by atoms with E-state index in [1.54, 1.807) is 22.9 Å². The van der Waals surface area contributed by atoms with Crippen molar-refractivity contribution in [2.24, 2.45) is 0 Å². The van der Waals surface area contributed by atoms with Gasteiger partial charge in [0.1, 0.15) is 5.82 Å². The second kappa shape index (κ2) is 8.33. The van der Waals surface area contributed by atoms with Crippen molar-refractivity contribution in [3.05, 3.63) is 75.5 Å². The van der Waals surface area contributed by atoms with Gasteiger partial charge in [0, 0.05) is 48.9 Å². The summed E-state index contributed by atoms with van der Waals surface area (Å²) in [6.07, 6.45) is 1.64. The quantitative estimate of drug-likeness (QED) is 0.472. The summed E-state index contributed by atoms with van der Waals surface area (Å²) in [6.45, 7) is 8.94. The van der Waals surface area contributed by atoms with Crippen LogP contribution in [-0.2, 0) is 15.7 Å². The van der Waals surface area contributed by atoms with E-state index in [0.717, 1.165) is 5.56 Å². The molecular formula is C25H26Cl2FN3O2. The Kier molecular flexibility index (Phi) is 5.95. The molecule has 5 nitrogen and oxygen atoms in total. The fourth-order valence-corrected chi connectivity index (χ4v) is 5.57. The van der Waals surface area contributed by atoms with Crippen molar-refractivity contribution < 1.29 is 14.0 Å². The molecular weight excluding hydrogens is 464 g/mol. The van der Waals surface area contributed by atoms with Gasteiger partial charge < -0.3 is 15.1 Å². The average Bonchev–Trinajstić information content (AvgIpc) is 3.18. The smallest absolute Gasteiger partial charge is 0.254 e. The molecule has 33 heavy (non-hydrogen) atoms. The highest BCUT2D eigenvalue weighted by atomic mass is 35.5. The van der Waals surface area contributed by atoms with Crippen molar-refractivity contribution in [3.63, 3.8) is 0 Å². The minimum absolute atomic E-state index is 0.0659. The van der Waals surface area contributed by atoms with Gasteiger partial charge in [-0.05, 0) is 42.3 Å². The molecule has 0 bridgehead atoms. The van der Waals surface area contributed by atoms with E-state index >= 15 is 4.39 Å². The van der Waals surface area contributed by atoms with Crippen molar-refractivity contribution >= 4 is 40.7 Å². The fraction of sp³-hybridized carbons (Fsp3) is 0.360. The number of hydrogen-bond acceptors (Lipinski definition) is 3. The number of benzene rings is 2. The first-order valence-corrected chi connectivity index (χ1v) is 11.5. The SMILES string of the molecule is C=CC(=O)N1CC[C@@](Nc2ccc3c(c2)C(=O)N(C)CC3(C)C)(c2c(F)ccc(Cl)c2Cl)C1. The summed E-state index contributed by atoms with van der Waals surface area (Å²) in [5, 5.41) is 3.75. The zero-order valence-corrected chi connectivity index (χ0v) is 20.4. The van der Waals surface area contributed by atoms with Gasteiger partial charge in [0.15, 0.2) is 0 Å². The normalized spacial score (nSPS) is 21.7. The highest BCUT2D eigenvalue weighted by Gasteiger charge is 2.45. The Hall–Kier alpha value is -2.57. The van der Waals surface area contributed by atoms with Crippen LogP contribution in [0, 0.1) is 5.82 Å². The fourth-order valence-electron chi connectivity index (χ4n) is 5.08. The Morgan fingerprint density at radius 2 is 1.94 bits per heavy atom. The third-order valence-electron chi connectivity index (χ3n) is 6.62. The summed E-state index contributed by atoms with van der Waals surface area (Å²) < 4.78 is 15.2. The van der Waals surface area contributed by atoms with E-state index in [1.807, 2.05) is 12.1 Å². The Labute approximate surface area is 203 Å². The molecule has 4 rings (SSSR count). The minimum atomic E-state index is -1.03. The van der Waals surface area contributed by atoms with Crippen LogP contribution in [0.5, 0.6) is 0 Å². The number of carbonyl (C=O) groups excluding carboxylic acids is 2. The number of rotatable bonds is 4. The number of halogens is 3. The topological polar surface area (TPSA) is 52.7 Å². The molecule has 1 fully saturated rings. The van der Waals surface area contributed by atoms with Crippen molar-refractivity contribution in [2.75, 3.05) is 32.0 Å². The lowest BCUT2D eigenvalue weighted by Gasteiger charge is -2.38. The van der Waals surface area contributed by atoms with Crippen LogP contribution in [0.3, 0.4) is 0 Å². The average molecular weight is 490 g/mol. The summed E-state index contributed by atoms with van der Waals surface area (Å²) in [4.78, 5) is 28.6. The van der Waals surface area contributed by atoms with E-state index in [0.29, 0.717) is 30.8 Å². The Balaban J connectivity index is 1.82. The molecule has 174 valence electrons. The molecule has 1 saturated heterocycles. The van der Waals surface area contributed by atoms with E-state index in [2.05, 4.69) is 25.7 Å². The molecule has 2 aliphatic heterocycles. The number of fused-ring (bicyclic) bond motifs is 1. The van der Waals surface area contributed by atoms with E-state index < -0.39 is 11.4 Å². The van der Waals surface area contributed by atoms with Crippen molar-refractivity contribution in [3.8, 4) is 0 Å². The third kappa shape index (κ3) is 4.00. The second-order valence-corrected chi connectivity index (χ2v) is 10.2. The van der Waals surface area contributed by atoms with Gasteiger partial charge in [-0.1, -0.05) is 49.7 Å². The van der Waals surface area contributed by atoms with Crippen LogP contribution in [0.2, 0.25) is 10.0 Å². The van der Waals surface area contributed by atoms with Gasteiger partial charge in [-0.3, -0.25) is 9.59 Å². The zero-order chi connectivity index (χ0) is 24.1. The van der Waals surface area contributed by atoms with Crippen molar-refractivity contribution in [2.45, 2.75) is 31.2 Å². The Bertz CT molecular complexity index is 1170. The molecule has 8 heteroatoms. The van der Waals surface area contributed by atoms with Gasteiger partial charge in [-0.2, -0.15) is 0 Å². The summed E-state index contributed by atoms with van der Waals surface area (Å²) >= 11 is 12.7. The van der Waals surface area contributed by atoms with Crippen LogP contribution >= 0.6 is 23.2 Å². The Morgan fingerprint density at radius 3 is 2.64 bits per heavy atom. The van der Waals surface area contributed by atoms with Gasteiger partial charge in [-0.25, -0.2) is 4.39 Å². The molecule has 0 aromatic heterocycles. The molecule has 2 aliphatic rings. The van der Waals surface area contributed by atoms with Crippen molar-refractivity contribution in [1.29, 1.82) is 0 Å². The molecule has 1 atom stereocenters. The summed E-state index contributed by atoms with van der Waals surface area (Å²) in [5.41, 5.74) is 1.18. The number of nitrogens with zero attached hydrogens (tertiary/aromatic N) is 2. The molecule has 2 aromatic rings. The van der Waals surface area contributed by atoms with Crippen LogP contribution < -0.4 is 5.32 Å². The highest BCUT2D eigenvalue weighted by Crippen LogP contribution is 2.44. The number of likely N-dealkylation sites (tertiary alicyclic amines) is 1. The molecule has 0 aliphatic carbocycles. The first-order valence-electron chi connectivity index (χ1n) is 10.7. The minimum Gasteiger partial charge on any atom is -0.374 e. The van der Waals surface area contributed by atoms with Crippen LogP contribution in [0.25, 0.3) is 0 Å². The summed E-state index contributed by atoms with van der Waals surface area (Å²) in [6, 6.07) is 8.31. The van der Waals surface area contributed by atoms with Crippen LogP contribution in [0.15, 0.2) is 43.0 Å². The lowest BCUT2D eigenvalue weighted by Crippen LogP contribution is -2.45. The van der Waals surface area contributed by atoms with Crippen molar-refractivity contribution in [1.82, 2.24) is 9.80 Å². The standard InChI is InChI=1S/C25H26Cl2FN3O2/c1-5-20(32)31-11-10-25(14-31,21-19(28)9-8-18(26)22(21)27)29-15-6-7-17-16(12-15)23(33)30(4)13-24(17,2)3/h5-9,12,29H,1,10-11,13-14H2,2-4H3/t25-/m0/s1. The number of amides is 2. The largest absolute Gasteiger partial charge is 0.374 e. The zero-order valence-electron chi connectivity index (χ0n) is 18.8. The first-order chi connectivity index (χ1) is 15.5. The number of carbonyl (C=O) groups is 2. The number of likely N-dealkylation sites (N-methyl/N-ethyl adjacent to an activating group) is 1. The molecule has 1 N–H and O–H groups in total. The number of hydrogen-bond donors (Lipinski definition) is 1. The maximum Gasteiger partial charge on any atom is 0.254 e. The predicted octanol–water partition coefficient (Wildman–Crippen LogP) is 5.22. The number of anilines is 1. The molecule has 0 saturated carbocycles. The van der Waals surface area contributed by atoms with Gasteiger partial charge in [0.25, 0.3) is 5.91 Å². The third-order valence-corrected chi connectivity index (χ3v) is 7.42. The Morgan fingerprint density at radius 1 is 1.21 bits per heavy atom. The van der Waals surface area contributed by atoms with Gasteiger partial charge >= 0.3 is 0 Å². The maximum atomic E-state index is 15.2. The van der Waals surface area contributed by atoms with Crippen LogP contribution in [0.1, 0.15) is 41.8 Å². The van der Waals surface area contributed by atoms with E-state index in [9.17, 15) is 9.59 Å². The van der Waals surface area contributed by atoms with Gasteiger partial charge in [0.2, 0.25) is 5.91 Å². The molecule has 2 amide bonds.